The van der Waals surface area contributed by atoms with Crippen LogP contribution in [0.15, 0.2) is 42.7 Å². The lowest BCUT2D eigenvalue weighted by Gasteiger charge is -2.27. The monoisotopic (exact) mass is 340 g/mol. The normalized spacial score (nSPS) is 20.4. The van der Waals surface area contributed by atoms with Crippen molar-refractivity contribution < 1.29 is 9.13 Å². The van der Waals surface area contributed by atoms with Crippen LogP contribution in [0.4, 0.5) is 4.39 Å². The zero-order valence-electron chi connectivity index (χ0n) is 14.2. The Kier molecular flexibility index (Phi) is 4.23. The van der Waals surface area contributed by atoms with E-state index in [2.05, 4.69) is 15.4 Å². The van der Waals surface area contributed by atoms with Crippen molar-refractivity contribution in [2.24, 2.45) is 7.05 Å². The van der Waals surface area contributed by atoms with Gasteiger partial charge in [-0.3, -0.25) is 9.67 Å². The summed E-state index contributed by atoms with van der Waals surface area (Å²) >= 11 is 0. The molecule has 5 nitrogen and oxygen atoms in total. The van der Waals surface area contributed by atoms with Crippen LogP contribution in [0.25, 0.3) is 10.9 Å². The maximum absolute atomic E-state index is 13.3. The molecule has 1 fully saturated rings. The Hall–Kier alpha value is -2.31. The maximum Gasteiger partial charge on any atom is 0.123 e. The molecule has 1 aromatic carbocycles. The van der Waals surface area contributed by atoms with Crippen LogP contribution in [0.3, 0.4) is 0 Å². The summed E-state index contributed by atoms with van der Waals surface area (Å²) in [7, 11) is 1.92. The van der Waals surface area contributed by atoms with Crippen LogP contribution in [0, 0.1) is 5.82 Å². The lowest BCUT2D eigenvalue weighted by atomic mass is 9.93. The number of nitrogens with zero attached hydrogens (tertiary/aromatic N) is 3. The van der Waals surface area contributed by atoms with Crippen molar-refractivity contribution in [3.05, 3.63) is 59.8 Å². The summed E-state index contributed by atoms with van der Waals surface area (Å²) in [4.78, 5) is 4.59. The topological polar surface area (TPSA) is 52.0 Å². The zero-order valence-corrected chi connectivity index (χ0v) is 14.2. The van der Waals surface area contributed by atoms with Gasteiger partial charge in [-0.15, -0.1) is 0 Å². The number of pyridine rings is 1. The fourth-order valence-corrected chi connectivity index (χ4v) is 3.45. The summed E-state index contributed by atoms with van der Waals surface area (Å²) in [5.41, 5.74) is 2.54. The predicted octanol–water partition coefficient (Wildman–Crippen LogP) is 2.90. The van der Waals surface area contributed by atoms with Gasteiger partial charge in [0.1, 0.15) is 11.4 Å². The second-order valence-corrected chi connectivity index (χ2v) is 6.59. The highest BCUT2D eigenvalue weighted by atomic mass is 19.1. The number of aromatic nitrogens is 3. The van der Waals surface area contributed by atoms with Crippen molar-refractivity contribution in [1.82, 2.24) is 20.1 Å². The van der Waals surface area contributed by atoms with Gasteiger partial charge in [-0.1, -0.05) is 6.07 Å². The average Bonchev–Trinajstić information content (AvgIpc) is 3.25. The highest BCUT2D eigenvalue weighted by Crippen LogP contribution is 2.35. The van der Waals surface area contributed by atoms with Crippen molar-refractivity contribution in [2.75, 3.05) is 13.2 Å². The fraction of sp³-hybridized carbons (Fsp3) is 0.368. The smallest absolute Gasteiger partial charge is 0.123 e. The molecule has 3 aromatic rings. The highest BCUT2D eigenvalue weighted by molar-refractivity contribution is 5.78. The largest absolute Gasteiger partial charge is 0.369 e. The van der Waals surface area contributed by atoms with Crippen LogP contribution in [-0.4, -0.2) is 27.9 Å². The van der Waals surface area contributed by atoms with E-state index in [9.17, 15) is 4.39 Å². The van der Waals surface area contributed by atoms with E-state index in [0.29, 0.717) is 13.1 Å². The number of hydrogen-bond donors (Lipinski definition) is 1. The van der Waals surface area contributed by atoms with Gasteiger partial charge in [-0.2, -0.15) is 5.10 Å². The van der Waals surface area contributed by atoms with Gasteiger partial charge < -0.3 is 10.1 Å². The third-order valence-electron chi connectivity index (χ3n) is 4.76. The first-order chi connectivity index (χ1) is 12.1. The molecular weight excluding hydrogens is 319 g/mol. The van der Waals surface area contributed by atoms with E-state index in [1.165, 1.54) is 12.1 Å². The van der Waals surface area contributed by atoms with E-state index in [1.54, 1.807) is 6.07 Å². The summed E-state index contributed by atoms with van der Waals surface area (Å²) in [6.07, 6.45) is 5.94. The minimum atomic E-state index is -0.311. The molecular formula is C19H21FN4O. The van der Waals surface area contributed by atoms with Crippen LogP contribution < -0.4 is 5.32 Å². The number of hydrogen-bond acceptors (Lipinski definition) is 4. The molecule has 0 aliphatic carbocycles. The molecule has 2 aromatic heterocycles. The number of aryl methyl sites for hydroxylation is 1. The molecule has 1 aliphatic heterocycles. The molecule has 1 atom stereocenters. The number of nitrogens with one attached hydrogen (secondary N) is 1. The van der Waals surface area contributed by atoms with Crippen LogP contribution in [0.5, 0.6) is 0 Å². The van der Waals surface area contributed by atoms with Crippen molar-refractivity contribution >= 4 is 10.9 Å². The molecule has 0 amide bonds. The Bertz CT molecular complexity index is 886. The third-order valence-corrected chi connectivity index (χ3v) is 4.76. The van der Waals surface area contributed by atoms with E-state index >= 15 is 0 Å². The number of benzene rings is 1. The molecule has 0 spiro atoms. The molecule has 25 heavy (non-hydrogen) atoms. The van der Waals surface area contributed by atoms with Gasteiger partial charge in [-0.05, 0) is 37.1 Å². The second kappa shape index (κ2) is 6.54. The molecule has 1 saturated heterocycles. The van der Waals surface area contributed by atoms with E-state index in [-0.39, 0.29) is 11.4 Å². The molecule has 0 bridgehead atoms. The number of halogens is 1. The summed E-state index contributed by atoms with van der Waals surface area (Å²) in [5, 5.41) is 8.56. The highest BCUT2D eigenvalue weighted by Gasteiger charge is 2.37. The maximum atomic E-state index is 13.3. The van der Waals surface area contributed by atoms with Gasteiger partial charge in [0.05, 0.1) is 17.4 Å². The summed E-state index contributed by atoms with van der Waals surface area (Å²) in [6.45, 7) is 2.12. The molecule has 4 rings (SSSR count). The Morgan fingerprint density at radius 1 is 1.32 bits per heavy atom. The quantitative estimate of drug-likeness (QED) is 0.776. The number of rotatable bonds is 5. The van der Waals surface area contributed by atoms with E-state index in [1.807, 2.05) is 36.3 Å². The van der Waals surface area contributed by atoms with Gasteiger partial charge in [0.2, 0.25) is 0 Å². The first-order valence-corrected chi connectivity index (χ1v) is 8.54. The number of ether oxygens (including phenoxy) is 1. The molecule has 1 N–H and O–H groups in total. The van der Waals surface area contributed by atoms with Gasteiger partial charge in [0.15, 0.2) is 0 Å². The van der Waals surface area contributed by atoms with E-state index < -0.39 is 0 Å². The van der Waals surface area contributed by atoms with Crippen molar-refractivity contribution in [3.63, 3.8) is 0 Å². The minimum Gasteiger partial charge on any atom is -0.369 e. The fourth-order valence-electron chi connectivity index (χ4n) is 3.45. The lowest BCUT2D eigenvalue weighted by Crippen LogP contribution is -2.37. The predicted molar refractivity (Wildman–Crippen MR) is 93.5 cm³/mol. The van der Waals surface area contributed by atoms with E-state index in [4.69, 9.17) is 4.74 Å². The second-order valence-electron chi connectivity index (χ2n) is 6.59. The Morgan fingerprint density at radius 2 is 2.24 bits per heavy atom. The van der Waals surface area contributed by atoms with Crippen LogP contribution >= 0.6 is 0 Å². The van der Waals surface area contributed by atoms with Gasteiger partial charge in [-0.25, -0.2) is 4.39 Å². The first-order valence-electron chi connectivity index (χ1n) is 8.54. The molecule has 1 aliphatic rings. The molecule has 0 saturated carbocycles. The minimum absolute atomic E-state index is 0.239. The van der Waals surface area contributed by atoms with Crippen molar-refractivity contribution in [1.29, 1.82) is 0 Å². The Morgan fingerprint density at radius 3 is 3.00 bits per heavy atom. The molecule has 130 valence electrons. The molecule has 1 unspecified atom stereocenters. The third kappa shape index (κ3) is 3.27. The lowest BCUT2D eigenvalue weighted by molar-refractivity contribution is 0.000514. The number of fused-ring (bicyclic) bond motifs is 1. The van der Waals surface area contributed by atoms with Crippen molar-refractivity contribution in [3.8, 4) is 0 Å². The van der Waals surface area contributed by atoms with Gasteiger partial charge in [0.25, 0.3) is 0 Å². The molecule has 3 heterocycles. The molecule has 6 heteroatoms. The van der Waals surface area contributed by atoms with Crippen LogP contribution in [0.2, 0.25) is 0 Å². The molecule has 0 radical (unpaired) electrons. The zero-order chi connectivity index (χ0) is 17.3. The standard InChI is InChI=1S/C19H21FN4O/c1-24-12-15(10-22-24)19(7-2-8-25-19)13-21-11-17-5-3-14-9-16(20)4-6-18(14)23-17/h3-6,9-10,12,21H,2,7-8,11,13H2,1H3. The van der Waals surface area contributed by atoms with E-state index in [0.717, 1.165) is 41.6 Å². The summed E-state index contributed by atoms with van der Waals surface area (Å²) < 4.78 is 21.1. The van der Waals surface area contributed by atoms with Crippen LogP contribution in [0.1, 0.15) is 24.1 Å². The Balaban J connectivity index is 1.46. The van der Waals surface area contributed by atoms with Gasteiger partial charge >= 0.3 is 0 Å². The summed E-state index contributed by atoms with van der Waals surface area (Å²) in [6, 6.07) is 8.50. The van der Waals surface area contributed by atoms with Gasteiger partial charge in [0, 0.05) is 43.9 Å². The first kappa shape index (κ1) is 16.2. The SMILES string of the molecule is Cn1cc(C2(CNCc3ccc4cc(F)ccc4n3)CCCO2)cn1. The summed E-state index contributed by atoms with van der Waals surface area (Å²) in [5.74, 6) is -0.239. The Labute approximate surface area is 145 Å². The van der Waals surface area contributed by atoms with Crippen LogP contribution in [-0.2, 0) is 23.9 Å². The average molecular weight is 340 g/mol. The van der Waals surface area contributed by atoms with Crippen molar-refractivity contribution in [2.45, 2.75) is 25.0 Å².